The van der Waals surface area contributed by atoms with Gasteiger partial charge in [0.1, 0.15) is 17.3 Å². The van der Waals surface area contributed by atoms with Gasteiger partial charge in [-0.15, -0.1) is 0 Å². The molecule has 2 heterocycles. The first-order valence-corrected chi connectivity index (χ1v) is 4.25. The summed E-state index contributed by atoms with van der Waals surface area (Å²) in [5.41, 5.74) is 12.0. The van der Waals surface area contributed by atoms with E-state index in [2.05, 4.69) is 0 Å². The van der Waals surface area contributed by atoms with Crippen molar-refractivity contribution in [2.45, 2.75) is 0 Å². The fourth-order valence-corrected chi connectivity index (χ4v) is 1.60. The lowest BCUT2D eigenvalue weighted by molar-refractivity contribution is 0.0996. The second-order valence-electron chi connectivity index (χ2n) is 3.07. The van der Waals surface area contributed by atoms with Gasteiger partial charge in [-0.3, -0.25) is 4.79 Å². The lowest BCUT2D eigenvalue weighted by Crippen LogP contribution is -2.15. The monoisotopic (exact) mass is 200 g/mol. The largest absolute Gasteiger partial charge is 0.396 e. The van der Waals surface area contributed by atoms with Crippen molar-refractivity contribution >= 4 is 17.1 Å². The molecule has 1 amide bonds. The highest BCUT2D eigenvalue weighted by Gasteiger charge is 2.18. The number of nitrogens with two attached hydrogens (primary N) is 2. The first-order valence-electron chi connectivity index (χ1n) is 4.25. The summed E-state index contributed by atoms with van der Waals surface area (Å²) < 4.78 is 1.52. The molecule has 2 aromatic heterocycles. The van der Waals surface area contributed by atoms with E-state index in [0.29, 0.717) is 5.52 Å². The summed E-state index contributed by atoms with van der Waals surface area (Å²) in [5, 5.41) is 8.92. The molecule has 2 aromatic rings. The number of aromatic nitrogens is 1. The van der Waals surface area contributed by atoms with Crippen LogP contribution in [0, 0.1) is 11.3 Å². The minimum atomic E-state index is -0.643. The third-order valence-electron chi connectivity index (χ3n) is 2.23. The van der Waals surface area contributed by atoms with Gasteiger partial charge in [-0.05, 0) is 12.1 Å². The average molecular weight is 200 g/mol. The standard InChI is InChI=1S/C10H8N4O/c11-5-6-7-3-1-2-4-14(7)9(8(6)12)10(13)15/h1-4H,12H2,(H2,13,15). The number of nitrogen functional groups attached to an aromatic ring is 1. The first-order chi connectivity index (χ1) is 7.16. The molecule has 0 aromatic carbocycles. The maximum Gasteiger partial charge on any atom is 0.267 e. The molecule has 0 saturated heterocycles. The van der Waals surface area contributed by atoms with Crippen LogP contribution in [0.4, 0.5) is 5.69 Å². The Balaban J connectivity index is 2.99. The Kier molecular flexibility index (Phi) is 1.83. The van der Waals surface area contributed by atoms with Crippen molar-refractivity contribution in [2.75, 3.05) is 5.73 Å². The van der Waals surface area contributed by atoms with Crippen LogP contribution in [0.5, 0.6) is 0 Å². The highest BCUT2D eigenvalue weighted by Crippen LogP contribution is 2.24. The van der Waals surface area contributed by atoms with Crippen molar-refractivity contribution in [1.29, 1.82) is 5.26 Å². The van der Waals surface area contributed by atoms with E-state index in [9.17, 15) is 4.79 Å². The summed E-state index contributed by atoms with van der Waals surface area (Å²) in [5.74, 6) is -0.643. The zero-order chi connectivity index (χ0) is 11.0. The van der Waals surface area contributed by atoms with Crippen molar-refractivity contribution in [1.82, 2.24) is 4.40 Å². The van der Waals surface area contributed by atoms with Gasteiger partial charge in [0.15, 0.2) is 0 Å². The lowest BCUT2D eigenvalue weighted by atomic mass is 10.2. The topological polar surface area (TPSA) is 97.3 Å². The molecule has 0 aliphatic carbocycles. The van der Waals surface area contributed by atoms with Crippen molar-refractivity contribution in [3.8, 4) is 6.07 Å². The van der Waals surface area contributed by atoms with Crippen molar-refractivity contribution in [2.24, 2.45) is 5.73 Å². The van der Waals surface area contributed by atoms with Gasteiger partial charge in [0.2, 0.25) is 0 Å². The Morgan fingerprint density at radius 3 is 2.80 bits per heavy atom. The predicted octanol–water partition coefficient (Wildman–Crippen LogP) is 0.492. The van der Waals surface area contributed by atoms with Gasteiger partial charge in [0, 0.05) is 6.20 Å². The number of carbonyl (C=O) groups is 1. The molecule has 5 heteroatoms. The lowest BCUT2D eigenvalue weighted by Gasteiger charge is -1.97. The second-order valence-corrected chi connectivity index (χ2v) is 3.07. The second kappa shape index (κ2) is 3.03. The van der Waals surface area contributed by atoms with Gasteiger partial charge in [-0.2, -0.15) is 5.26 Å². The highest BCUT2D eigenvalue weighted by molar-refractivity contribution is 6.00. The van der Waals surface area contributed by atoms with E-state index in [1.54, 1.807) is 24.4 Å². The number of primary amides is 1. The number of pyridine rings is 1. The maximum atomic E-state index is 11.2. The minimum Gasteiger partial charge on any atom is -0.396 e. The smallest absolute Gasteiger partial charge is 0.267 e. The summed E-state index contributed by atoms with van der Waals surface area (Å²) in [4.78, 5) is 11.2. The summed E-state index contributed by atoms with van der Waals surface area (Å²) >= 11 is 0. The molecule has 15 heavy (non-hydrogen) atoms. The highest BCUT2D eigenvalue weighted by atomic mass is 16.1. The van der Waals surface area contributed by atoms with E-state index < -0.39 is 5.91 Å². The number of nitrogens with zero attached hydrogens (tertiary/aromatic N) is 2. The van der Waals surface area contributed by atoms with Crippen LogP contribution in [-0.4, -0.2) is 10.3 Å². The SMILES string of the molecule is N#Cc1c(N)c(C(N)=O)n2ccccc12. The number of carbonyl (C=O) groups excluding carboxylic acids is 1. The molecule has 2 rings (SSSR count). The minimum absolute atomic E-state index is 0.135. The fourth-order valence-electron chi connectivity index (χ4n) is 1.60. The molecule has 0 aliphatic rings. The summed E-state index contributed by atoms with van der Waals surface area (Å²) in [7, 11) is 0. The normalized spacial score (nSPS) is 10.1. The van der Waals surface area contributed by atoms with Crippen LogP contribution in [0.15, 0.2) is 24.4 Å². The quantitative estimate of drug-likeness (QED) is 0.700. The number of nitriles is 1. The number of anilines is 1. The molecule has 0 unspecified atom stereocenters. The Morgan fingerprint density at radius 2 is 2.20 bits per heavy atom. The van der Waals surface area contributed by atoms with Crippen LogP contribution < -0.4 is 11.5 Å². The predicted molar refractivity (Wildman–Crippen MR) is 55.0 cm³/mol. The molecule has 0 spiro atoms. The molecule has 0 bridgehead atoms. The molecule has 0 atom stereocenters. The molecule has 0 fully saturated rings. The Labute approximate surface area is 85.5 Å². The van der Waals surface area contributed by atoms with Crippen molar-refractivity contribution in [3.63, 3.8) is 0 Å². The fraction of sp³-hybridized carbons (Fsp3) is 0. The van der Waals surface area contributed by atoms with Gasteiger partial charge in [-0.25, -0.2) is 0 Å². The average Bonchev–Trinajstić information content (AvgIpc) is 2.49. The maximum absolute atomic E-state index is 11.2. The zero-order valence-corrected chi connectivity index (χ0v) is 7.77. The Morgan fingerprint density at radius 1 is 1.47 bits per heavy atom. The zero-order valence-electron chi connectivity index (χ0n) is 7.77. The number of rotatable bonds is 1. The van der Waals surface area contributed by atoms with E-state index in [4.69, 9.17) is 16.7 Å². The molecule has 0 saturated carbocycles. The van der Waals surface area contributed by atoms with E-state index in [0.717, 1.165) is 0 Å². The molecule has 0 radical (unpaired) electrons. The molecule has 5 nitrogen and oxygen atoms in total. The summed E-state index contributed by atoms with van der Waals surface area (Å²) in [6.45, 7) is 0. The molecule has 0 aliphatic heterocycles. The third kappa shape index (κ3) is 1.12. The van der Waals surface area contributed by atoms with Gasteiger partial charge < -0.3 is 15.9 Å². The molecular weight excluding hydrogens is 192 g/mol. The van der Waals surface area contributed by atoms with Gasteiger partial charge in [0.05, 0.1) is 11.2 Å². The summed E-state index contributed by atoms with van der Waals surface area (Å²) in [6.07, 6.45) is 1.65. The van der Waals surface area contributed by atoms with E-state index in [-0.39, 0.29) is 16.9 Å². The van der Waals surface area contributed by atoms with E-state index in [1.165, 1.54) is 4.40 Å². The van der Waals surface area contributed by atoms with Gasteiger partial charge in [-0.1, -0.05) is 6.07 Å². The summed E-state index contributed by atoms with van der Waals surface area (Å²) in [6, 6.07) is 7.17. The molecular formula is C10H8N4O. The van der Waals surface area contributed by atoms with Gasteiger partial charge >= 0.3 is 0 Å². The van der Waals surface area contributed by atoms with E-state index >= 15 is 0 Å². The van der Waals surface area contributed by atoms with Crippen LogP contribution in [0.25, 0.3) is 5.52 Å². The third-order valence-corrected chi connectivity index (χ3v) is 2.23. The van der Waals surface area contributed by atoms with Gasteiger partial charge in [0.25, 0.3) is 5.91 Å². The van der Waals surface area contributed by atoms with Crippen molar-refractivity contribution in [3.05, 3.63) is 35.7 Å². The number of hydrogen-bond acceptors (Lipinski definition) is 3. The first kappa shape index (κ1) is 9.09. The number of hydrogen-bond donors (Lipinski definition) is 2. The van der Waals surface area contributed by atoms with Crippen LogP contribution in [-0.2, 0) is 0 Å². The number of fused-ring (bicyclic) bond motifs is 1. The van der Waals surface area contributed by atoms with Crippen LogP contribution in [0.1, 0.15) is 16.1 Å². The van der Waals surface area contributed by atoms with Crippen LogP contribution >= 0.6 is 0 Å². The molecule has 4 N–H and O–H groups in total. The molecule has 74 valence electrons. The van der Waals surface area contributed by atoms with Crippen LogP contribution in [0.3, 0.4) is 0 Å². The number of amides is 1. The van der Waals surface area contributed by atoms with Crippen molar-refractivity contribution < 1.29 is 4.79 Å². The Hall–Kier alpha value is -2.48. The Bertz CT molecular complexity index is 591. The van der Waals surface area contributed by atoms with E-state index in [1.807, 2.05) is 6.07 Å². The van der Waals surface area contributed by atoms with Crippen LogP contribution in [0.2, 0.25) is 0 Å².